The number of ketones is 1. The summed E-state index contributed by atoms with van der Waals surface area (Å²) in [6.07, 6.45) is 1.53. The van der Waals surface area contributed by atoms with Crippen molar-refractivity contribution in [2.24, 2.45) is 4.99 Å². The molecular weight excluding hydrogens is 567 g/mol. The Balaban J connectivity index is 1.55. The minimum Gasteiger partial charge on any atom is -0.493 e. The van der Waals surface area contributed by atoms with E-state index in [1.54, 1.807) is 36.4 Å². The van der Waals surface area contributed by atoms with Gasteiger partial charge in [0.25, 0.3) is 5.69 Å². The molecule has 0 fully saturated rings. The fraction of sp³-hybridized carbons (Fsp3) is 0.0800. The molecule has 0 bridgehead atoms. The number of carbonyl (C=O) groups excluding carboxylic acids is 2. The molecule has 1 aliphatic heterocycles. The second-order valence-corrected chi connectivity index (χ2v) is 8.41. The number of non-ortho nitro benzene ring substituents is 1. The molecule has 1 aliphatic rings. The van der Waals surface area contributed by atoms with Gasteiger partial charge in [-0.2, -0.15) is 0 Å². The Morgan fingerprint density at radius 1 is 1.14 bits per heavy atom. The van der Waals surface area contributed by atoms with E-state index in [9.17, 15) is 19.7 Å². The summed E-state index contributed by atoms with van der Waals surface area (Å²) in [7, 11) is 1.48. The zero-order valence-corrected chi connectivity index (χ0v) is 20.4. The van der Waals surface area contributed by atoms with Gasteiger partial charge in [0.15, 0.2) is 29.6 Å². The summed E-state index contributed by atoms with van der Waals surface area (Å²) in [5, 5.41) is 10.8. The largest absolute Gasteiger partial charge is 0.493 e. The topological polar surface area (TPSA) is 117 Å². The first-order valence-electron chi connectivity index (χ1n) is 10.2. The highest BCUT2D eigenvalue weighted by Crippen LogP contribution is 2.35. The summed E-state index contributed by atoms with van der Waals surface area (Å²) in [6, 6.07) is 17.8. The van der Waals surface area contributed by atoms with Gasteiger partial charge in [0, 0.05) is 23.3 Å². The lowest BCUT2D eigenvalue weighted by atomic mass is 10.1. The Kier molecular flexibility index (Phi) is 7.20. The third-order valence-electron chi connectivity index (χ3n) is 4.94. The van der Waals surface area contributed by atoms with Gasteiger partial charge in [0.1, 0.15) is 0 Å². The van der Waals surface area contributed by atoms with Crippen LogP contribution in [-0.2, 0) is 9.53 Å². The van der Waals surface area contributed by atoms with Crippen LogP contribution < -0.4 is 9.47 Å². The lowest BCUT2D eigenvalue weighted by molar-refractivity contribution is -0.384. The predicted molar refractivity (Wildman–Crippen MR) is 136 cm³/mol. The van der Waals surface area contributed by atoms with Gasteiger partial charge >= 0.3 is 5.97 Å². The maximum atomic E-state index is 12.4. The summed E-state index contributed by atoms with van der Waals surface area (Å²) < 4.78 is 17.1. The average Bonchev–Trinajstić information content (AvgIpc) is 3.23. The zero-order chi connectivity index (χ0) is 24.9. The number of hydrogen-bond donors (Lipinski definition) is 0. The minimum absolute atomic E-state index is 0.0530. The van der Waals surface area contributed by atoms with E-state index < -0.39 is 10.9 Å². The van der Waals surface area contributed by atoms with Crippen LogP contribution in [-0.4, -0.2) is 36.3 Å². The van der Waals surface area contributed by atoms with Gasteiger partial charge in [0.05, 0.1) is 15.6 Å². The number of esters is 1. The van der Waals surface area contributed by atoms with Crippen LogP contribution in [0.1, 0.15) is 21.5 Å². The normalized spacial score (nSPS) is 13.8. The number of benzene rings is 3. The van der Waals surface area contributed by atoms with Crippen LogP contribution in [0.2, 0.25) is 0 Å². The number of rotatable bonds is 8. The fourth-order valence-electron chi connectivity index (χ4n) is 3.22. The molecule has 176 valence electrons. The highest BCUT2D eigenvalue weighted by Gasteiger charge is 2.25. The van der Waals surface area contributed by atoms with Crippen LogP contribution >= 0.6 is 22.6 Å². The molecule has 35 heavy (non-hydrogen) atoms. The molecule has 0 saturated carbocycles. The zero-order valence-electron chi connectivity index (χ0n) is 18.3. The van der Waals surface area contributed by atoms with Crippen molar-refractivity contribution in [1.29, 1.82) is 0 Å². The standard InChI is InChI=1S/C25H17IN2O7/c1-33-22-13-15(11-19(26)23(22)34-14-21(29)16-5-3-2-4-6-16)12-20-25(30)35-24(27-20)17-7-9-18(10-8-17)28(31)32/h2-13H,14H2,1H3/b20-12-. The molecular formula is C25H17IN2O7. The lowest BCUT2D eigenvalue weighted by Gasteiger charge is -2.13. The summed E-state index contributed by atoms with van der Waals surface area (Å²) in [6.45, 7) is -0.161. The average molecular weight is 584 g/mol. The number of halogens is 1. The fourth-order valence-corrected chi connectivity index (χ4v) is 4.01. The molecule has 0 N–H and O–H groups in total. The smallest absolute Gasteiger partial charge is 0.363 e. The molecule has 0 spiro atoms. The van der Waals surface area contributed by atoms with Gasteiger partial charge in [-0.05, 0) is 58.5 Å². The van der Waals surface area contributed by atoms with Crippen molar-refractivity contribution in [2.75, 3.05) is 13.7 Å². The second-order valence-electron chi connectivity index (χ2n) is 7.25. The van der Waals surface area contributed by atoms with Crippen molar-refractivity contribution in [1.82, 2.24) is 0 Å². The van der Waals surface area contributed by atoms with Crippen LogP contribution in [0.5, 0.6) is 11.5 Å². The van der Waals surface area contributed by atoms with Gasteiger partial charge in [0.2, 0.25) is 5.90 Å². The van der Waals surface area contributed by atoms with Gasteiger partial charge in [-0.3, -0.25) is 14.9 Å². The van der Waals surface area contributed by atoms with Gasteiger partial charge in [-0.15, -0.1) is 0 Å². The first-order valence-corrected chi connectivity index (χ1v) is 11.3. The minimum atomic E-state index is -0.652. The molecule has 4 rings (SSSR count). The van der Waals surface area contributed by atoms with E-state index in [1.165, 1.54) is 37.5 Å². The van der Waals surface area contributed by atoms with E-state index in [2.05, 4.69) is 27.6 Å². The Morgan fingerprint density at radius 3 is 2.51 bits per heavy atom. The maximum absolute atomic E-state index is 12.4. The van der Waals surface area contributed by atoms with E-state index in [0.717, 1.165) is 0 Å². The van der Waals surface area contributed by atoms with Crippen molar-refractivity contribution >= 4 is 52.0 Å². The molecule has 10 heteroatoms. The van der Waals surface area contributed by atoms with Gasteiger partial charge in [-0.1, -0.05) is 30.3 Å². The number of nitro groups is 1. The van der Waals surface area contributed by atoms with Crippen molar-refractivity contribution in [3.8, 4) is 11.5 Å². The van der Waals surface area contributed by atoms with Crippen LogP contribution in [0.3, 0.4) is 0 Å². The van der Waals surface area contributed by atoms with Crippen LogP contribution in [0.15, 0.2) is 77.4 Å². The Hall–Kier alpha value is -4.06. The summed E-state index contributed by atoms with van der Waals surface area (Å²) >= 11 is 2.06. The highest BCUT2D eigenvalue weighted by atomic mass is 127. The SMILES string of the molecule is COc1cc(/C=C2\N=C(c3ccc([N+](=O)[O-])cc3)OC2=O)cc(I)c1OCC(=O)c1ccccc1. The number of methoxy groups -OCH3 is 1. The molecule has 9 nitrogen and oxygen atoms in total. The second kappa shape index (κ2) is 10.5. The number of cyclic esters (lactones) is 1. The highest BCUT2D eigenvalue weighted by molar-refractivity contribution is 14.1. The Morgan fingerprint density at radius 2 is 1.86 bits per heavy atom. The molecule has 0 unspecified atom stereocenters. The molecule has 0 aliphatic carbocycles. The molecule has 0 amide bonds. The number of carbonyl (C=O) groups is 2. The monoisotopic (exact) mass is 584 g/mol. The first kappa shape index (κ1) is 24.1. The van der Waals surface area contributed by atoms with Crippen LogP contribution in [0.4, 0.5) is 5.69 Å². The molecule has 0 saturated heterocycles. The summed E-state index contributed by atoms with van der Waals surface area (Å²) in [4.78, 5) is 39.3. The lowest BCUT2D eigenvalue weighted by Crippen LogP contribution is -2.12. The Bertz CT molecular complexity index is 1370. The third kappa shape index (κ3) is 5.54. The maximum Gasteiger partial charge on any atom is 0.363 e. The number of ether oxygens (including phenoxy) is 3. The Labute approximate surface area is 213 Å². The van der Waals surface area contributed by atoms with Crippen molar-refractivity contribution in [2.45, 2.75) is 0 Å². The van der Waals surface area contributed by atoms with Crippen molar-refractivity contribution in [3.05, 3.63) is 103 Å². The van der Waals surface area contributed by atoms with Crippen LogP contribution in [0, 0.1) is 13.7 Å². The number of nitro benzene ring substituents is 1. The van der Waals surface area contributed by atoms with Gasteiger partial charge < -0.3 is 14.2 Å². The number of hydrogen-bond acceptors (Lipinski definition) is 8. The van der Waals surface area contributed by atoms with E-state index in [4.69, 9.17) is 14.2 Å². The number of nitrogens with zero attached hydrogens (tertiary/aromatic N) is 2. The van der Waals surface area contributed by atoms with E-state index in [0.29, 0.717) is 31.8 Å². The van der Waals surface area contributed by atoms with E-state index in [1.807, 2.05) is 6.07 Å². The molecule has 3 aromatic carbocycles. The third-order valence-corrected chi connectivity index (χ3v) is 5.75. The number of aliphatic imine (C=N–C) groups is 1. The molecule has 0 aromatic heterocycles. The number of Topliss-reactive ketones (excluding diaryl/α,β-unsaturated/α-hetero) is 1. The summed E-state index contributed by atoms with van der Waals surface area (Å²) in [5.41, 5.74) is 1.57. The molecule has 0 atom stereocenters. The van der Waals surface area contributed by atoms with E-state index in [-0.39, 0.29) is 29.7 Å². The molecule has 3 aromatic rings. The van der Waals surface area contributed by atoms with Crippen molar-refractivity contribution < 1.29 is 28.7 Å². The molecule has 1 heterocycles. The van der Waals surface area contributed by atoms with Gasteiger partial charge in [-0.25, -0.2) is 9.79 Å². The first-order chi connectivity index (χ1) is 16.9. The molecule has 0 radical (unpaired) electrons. The summed E-state index contributed by atoms with van der Waals surface area (Å²) in [5.74, 6) is 0.0221. The van der Waals surface area contributed by atoms with Crippen molar-refractivity contribution in [3.63, 3.8) is 0 Å². The van der Waals surface area contributed by atoms with Crippen LogP contribution in [0.25, 0.3) is 6.08 Å². The van der Waals surface area contributed by atoms with E-state index >= 15 is 0 Å². The quantitative estimate of drug-likeness (QED) is 0.0932. The predicted octanol–water partition coefficient (Wildman–Crippen LogP) is 4.81.